The maximum atomic E-state index is 11.0. The summed E-state index contributed by atoms with van der Waals surface area (Å²) in [6, 6.07) is 16.1. The van der Waals surface area contributed by atoms with E-state index in [2.05, 4.69) is 38.1 Å². The molecule has 0 amide bonds. The summed E-state index contributed by atoms with van der Waals surface area (Å²) in [6.07, 6.45) is 5.12. The van der Waals surface area contributed by atoms with Crippen molar-refractivity contribution < 1.29 is 28.5 Å². The van der Waals surface area contributed by atoms with Gasteiger partial charge in [0.25, 0.3) is 0 Å². The average Bonchev–Trinajstić information content (AvgIpc) is 2.85. The summed E-state index contributed by atoms with van der Waals surface area (Å²) in [5, 5.41) is 0. The zero-order valence-electron chi connectivity index (χ0n) is 19.3. The first-order valence-electron chi connectivity index (χ1n) is 11.7. The maximum absolute atomic E-state index is 11.0. The summed E-state index contributed by atoms with van der Waals surface area (Å²) < 4.78 is 23.2. The summed E-state index contributed by atoms with van der Waals surface area (Å²) in [5.41, 5.74) is 2.09. The van der Waals surface area contributed by atoms with Gasteiger partial charge in [-0.3, -0.25) is 0 Å². The van der Waals surface area contributed by atoms with Gasteiger partial charge in [0.2, 0.25) is 12.6 Å². The van der Waals surface area contributed by atoms with Gasteiger partial charge in [-0.25, -0.2) is 0 Å². The van der Waals surface area contributed by atoms with Crippen LogP contribution in [0.2, 0.25) is 0 Å². The van der Waals surface area contributed by atoms with Crippen LogP contribution < -0.4 is 9.47 Å². The molecule has 0 N–H and O–H groups in total. The lowest BCUT2D eigenvalue weighted by atomic mass is 9.78. The Labute approximate surface area is 195 Å². The molecular weight excluding hydrogens is 420 g/mol. The zero-order valence-corrected chi connectivity index (χ0v) is 19.3. The Bertz CT molecular complexity index is 845. The minimum Gasteiger partial charge on any atom is -0.465 e. The number of carbonyl (C=O) groups excluding carboxylic acids is 2. The molecule has 2 saturated heterocycles. The number of ether oxygens (including phenoxy) is 4. The van der Waals surface area contributed by atoms with E-state index in [0.717, 1.165) is 73.7 Å². The lowest BCUT2D eigenvalue weighted by Gasteiger charge is -2.29. The van der Waals surface area contributed by atoms with Crippen LogP contribution in [0.25, 0.3) is 0 Å². The van der Waals surface area contributed by atoms with Gasteiger partial charge in [0.1, 0.15) is 36.3 Å². The highest BCUT2D eigenvalue weighted by molar-refractivity contribution is 5.56. The number of hydrogen-bond donors (Lipinski definition) is 0. The Balaban J connectivity index is 1.38. The van der Waals surface area contributed by atoms with Crippen LogP contribution in [-0.2, 0) is 24.5 Å². The predicted octanol–water partition coefficient (Wildman–Crippen LogP) is 4.96. The summed E-state index contributed by atoms with van der Waals surface area (Å²) in [5.74, 6) is 1.46. The molecule has 6 nitrogen and oxygen atoms in total. The molecule has 0 aliphatic carbocycles. The highest BCUT2D eigenvalue weighted by Gasteiger charge is 2.26. The van der Waals surface area contributed by atoms with Gasteiger partial charge in [-0.2, -0.15) is 0 Å². The highest BCUT2D eigenvalue weighted by atomic mass is 16.7. The largest absolute Gasteiger partial charge is 0.465 e. The Morgan fingerprint density at radius 1 is 0.697 bits per heavy atom. The van der Waals surface area contributed by atoms with Crippen molar-refractivity contribution >= 4 is 12.6 Å². The minimum atomic E-state index is -0.379. The van der Waals surface area contributed by atoms with Gasteiger partial charge in [0, 0.05) is 18.3 Å². The molecule has 0 radical (unpaired) electrons. The van der Waals surface area contributed by atoms with E-state index in [1.807, 2.05) is 24.3 Å². The second-order valence-corrected chi connectivity index (χ2v) is 9.25. The second-order valence-electron chi connectivity index (χ2n) is 9.25. The van der Waals surface area contributed by atoms with Crippen molar-refractivity contribution in [3.05, 3.63) is 59.7 Å². The summed E-state index contributed by atoms with van der Waals surface area (Å²) >= 11 is 0. The third-order valence-corrected chi connectivity index (χ3v) is 6.50. The van der Waals surface area contributed by atoms with E-state index in [1.54, 1.807) is 0 Å². The van der Waals surface area contributed by atoms with Gasteiger partial charge in [-0.1, -0.05) is 38.1 Å². The molecule has 33 heavy (non-hydrogen) atoms. The Kier molecular flexibility index (Phi) is 7.46. The van der Waals surface area contributed by atoms with E-state index in [9.17, 15) is 9.59 Å². The minimum absolute atomic E-state index is 0.217. The number of hydrogen-bond acceptors (Lipinski definition) is 6. The van der Waals surface area contributed by atoms with Gasteiger partial charge < -0.3 is 28.5 Å². The third kappa shape index (κ3) is 5.81. The van der Waals surface area contributed by atoms with E-state index in [4.69, 9.17) is 18.9 Å². The number of aldehydes is 2. The van der Waals surface area contributed by atoms with Gasteiger partial charge in [0.15, 0.2) is 0 Å². The predicted molar refractivity (Wildman–Crippen MR) is 123 cm³/mol. The Morgan fingerprint density at radius 3 is 1.45 bits per heavy atom. The third-order valence-electron chi connectivity index (χ3n) is 6.50. The SMILES string of the molecule is CC(C)(c1ccc(OC2CCCC(C=O)O2)cc1)c1ccc(OC2CCCC(C=O)O2)cc1. The van der Waals surface area contributed by atoms with Gasteiger partial charge >= 0.3 is 0 Å². The second kappa shape index (κ2) is 10.5. The van der Waals surface area contributed by atoms with Crippen molar-refractivity contribution in [2.75, 3.05) is 0 Å². The molecule has 4 rings (SSSR count). The quantitative estimate of drug-likeness (QED) is 0.528. The number of benzene rings is 2. The monoisotopic (exact) mass is 452 g/mol. The van der Waals surface area contributed by atoms with Crippen LogP contribution in [0.3, 0.4) is 0 Å². The molecule has 0 aromatic heterocycles. The fraction of sp³-hybridized carbons (Fsp3) is 0.481. The topological polar surface area (TPSA) is 71.1 Å². The molecule has 0 saturated carbocycles. The van der Waals surface area contributed by atoms with Crippen LogP contribution in [-0.4, -0.2) is 37.4 Å². The van der Waals surface area contributed by atoms with Crippen molar-refractivity contribution in [1.82, 2.24) is 0 Å². The fourth-order valence-corrected chi connectivity index (χ4v) is 4.38. The number of rotatable bonds is 8. The van der Waals surface area contributed by atoms with Gasteiger partial charge in [-0.05, 0) is 61.1 Å². The Hall–Kier alpha value is -2.70. The molecule has 2 aromatic carbocycles. The molecule has 176 valence electrons. The van der Waals surface area contributed by atoms with Crippen LogP contribution in [0, 0.1) is 0 Å². The van der Waals surface area contributed by atoms with Gasteiger partial charge in [-0.15, -0.1) is 0 Å². The molecule has 2 heterocycles. The highest BCUT2D eigenvalue weighted by Crippen LogP contribution is 2.34. The maximum Gasteiger partial charge on any atom is 0.200 e. The average molecular weight is 453 g/mol. The number of carbonyl (C=O) groups is 2. The first kappa shape index (κ1) is 23.5. The molecule has 0 spiro atoms. The zero-order chi connectivity index (χ0) is 23.3. The Morgan fingerprint density at radius 2 is 1.09 bits per heavy atom. The fourth-order valence-electron chi connectivity index (χ4n) is 4.38. The van der Waals surface area contributed by atoms with Crippen molar-refractivity contribution in [3.63, 3.8) is 0 Å². The van der Waals surface area contributed by atoms with E-state index < -0.39 is 0 Å². The van der Waals surface area contributed by atoms with Crippen molar-refractivity contribution in [1.29, 1.82) is 0 Å². The normalized spacial score (nSPS) is 25.8. The van der Waals surface area contributed by atoms with Gasteiger partial charge in [0.05, 0.1) is 0 Å². The van der Waals surface area contributed by atoms with Crippen LogP contribution in [0.5, 0.6) is 11.5 Å². The van der Waals surface area contributed by atoms with Crippen LogP contribution in [0.4, 0.5) is 0 Å². The smallest absolute Gasteiger partial charge is 0.200 e. The van der Waals surface area contributed by atoms with E-state index in [0.29, 0.717) is 0 Å². The molecule has 2 aliphatic heterocycles. The first-order valence-corrected chi connectivity index (χ1v) is 11.7. The van der Waals surface area contributed by atoms with Crippen molar-refractivity contribution in [2.24, 2.45) is 0 Å². The molecule has 2 fully saturated rings. The lowest BCUT2D eigenvalue weighted by Crippen LogP contribution is -2.32. The molecule has 2 aliphatic rings. The van der Waals surface area contributed by atoms with E-state index in [-0.39, 0.29) is 30.2 Å². The summed E-state index contributed by atoms with van der Waals surface area (Å²) in [4.78, 5) is 22.0. The van der Waals surface area contributed by atoms with E-state index in [1.165, 1.54) is 0 Å². The lowest BCUT2D eigenvalue weighted by molar-refractivity contribution is -0.156. The summed E-state index contributed by atoms with van der Waals surface area (Å²) in [6.45, 7) is 4.35. The van der Waals surface area contributed by atoms with Crippen LogP contribution in [0.15, 0.2) is 48.5 Å². The molecule has 2 aromatic rings. The standard InChI is InChI=1S/C27H32O6/c1-27(2,19-9-13-21(14-10-19)30-25-7-3-5-23(17-28)32-25)20-11-15-22(16-12-20)31-26-8-4-6-24(18-29)33-26/h9-18,23-26H,3-8H2,1-2H3. The van der Waals surface area contributed by atoms with Crippen LogP contribution in [0.1, 0.15) is 63.5 Å². The van der Waals surface area contributed by atoms with Crippen LogP contribution >= 0.6 is 0 Å². The van der Waals surface area contributed by atoms with Crippen molar-refractivity contribution in [2.45, 2.75) is 82.6 Å². The van der Waals surface area contributed by atoms with E-state index >= 15 is 0 Å². The molecule has 0 bridgehead atoms. The molecule has 4 atom stereocenters. The molecule has 4 unspecified atom stereocenters. The van der Waals surface area contributed by atoms with Crippen molar-refractivity contribution in [3.8, 4) is 11.5 Å². The molecular formula is C27H32O6. The first-order chi connectivity index (χ1) is 16.0. The summed E-state index contributed by atoms with van der Waals surface area (Å²) in [7, 11) is 0. The molecule has 6 heteroatoms.